The van der Waals surface area contributed by atoms with Gasteiger partial charge in [0.25, 0.3) is 0 Å². The number of methoxy groups -OCH3 is 1. The summed E-state index contributed by atoms with van der Waals surface area (Å²) in [5, 5.41) is 0.507. The van der Waals surface area contributed by atoms with Crippen molar-refractivity contribution in [3.63, 3.8) is 0 Å². The van der Waals surface area contributed by atoms with Crippen LogP contribution in [0, 0.1) is 6.92 Å². The number of aromatic nitrogens is 1. The molecule has 2 nitrogen and oxygen atoms in total. The van der Waals surface area contributed by atoms with Crippen LogP contribution in [0.1, 0.15) is 5.56 Å². The predicted octanol–water partition coefficient (Wildman–Crippen LogP) is 4.20. The molecular weight excluding hydrogens is 254 g/mol. The van der Waals surface area contributed by atoms with Gasteiger partial charge in [-0.25, -0.2) is 4.98 Å². The summed E-state index contributed by atoms with van der Waals surface area (Å²) in [5.41, 5.74) is 1.10. The molecule has 0 radical (unpaired) electrons. The van der Waals surface area contributed by atoms with Crippen LogP contribution in [0.4, 0.5) is 0 Å². The van der Waals surface area contributed by atoms with Gasteiger partial charge < -0.3 is 4.74 Å². The van der Waals surface area contributed by atoms with Gasteiger partial charge in [0.2, 0.25) is 0 Å². The summed E-state index contributed by atoms with van der Waals surface area (Å²) < 4.78 is 5.32. The molecule has 0 aliphatic rings. The Morgan fingerprint density at radius 1 is 1.24 bits per heavy atom. The van der Waals surface area contributed by atoms with Crippen molar-refractivity contribution >= 4 is 23.4 Å². The molecule has 0 saturated carbocycles. The summed E-state index contributed by atoms with van der Waals surface area (Å²) in [4.78, 5) is 6.21. The lowest BCUT2D eigenvalue weighted by molar-refractivity contribution is 0.405. The highest BCUT2D eigenvalue weighted by atomic mass is 35.5. The first-order valence-corrected chi connectivity index (χ1v) is 6.33. The first-order valence-electron chi connectivity index (χ1n) is 5.13. The van der Waals surface area contributed by atoms with Gasteiger partial charge in [-0.3, -0.25) is 0 Å². The van der Waals surface area contributed by atoms with E-state index in [1.54, 1.807) is 25.1 Å². The maximum Gasteiger partial charge on any atom is 0.132 e. The molecule has 0 unspecified atom stereocenters. The Bertz CT molecular complexity index is 531. The molecule has 0 spiro atoms. The third-order valence-corrected chi connectivity index (χ3v) is 3.73. The van der Waals surface area contributed by atoms with Crippen molar-refractivity contribution in [3.8, 4) is 5.75 Å². The van der Waals surface area contributed by atoms with E-state index in [1.807, 2.05) is 37.3 Å². The van der Waals surface area contributed by atoms with Crippen LogP contribution in [0.5, 0.6) is 5.75 Å². The topological polar surface area (TPSA) is 22.1 Å². The van der Waals surface area contributed by atoms with Gasteiger partial charge in [-0.05, 0) is 30.7 Å². The molecular formula is C13H12ClNOS. The van der Waals surface area contributed by atoms with Gasteiger partial charge in [0, 0.05) is 11.1 Å². The van der Waals surface area contributed by atoms with E-state index in [-0.39, 0.29) is 0 Å². The van der Waals surface area contributed by atoms with Crippen molar-refractivity contribution in [1.82, 2.24) is 4.98 Å². The minimum Gasteiger partial charge on any atom is -0.496 e. The van der Waals surface area contributed by atoms with E-state index in [1.165, 1.54) is 0 Å². The molecule has 17 heavy (non-hydrogen) atoms. The Labute approximate surface area is 110 Å². The molecule has 2 rings (SSSR count). The van der Waals surface area contributed by atoms with E-state index in [4.69, 9.17) is 16.3 Å². The zero-order chi connectivity index (χ0) is 12.3. The number of hydrogen-bond acceptors (Lipinski definition) is 3. The molecule has 0 N–H and O–H groups in total. The molecule has 88 valence electrons. The molecule has 0 fully saturated rings. The zero-order valence-electron chi connectivity index (χ0n) is 9.61. The normalized spacial score (nSPS) is 10.3. The van der Waals surface area contributed by atoms with Gasteiger partial charge in [0.15, 0.2) is 0 Å². The van der Waals surface area contributed by atoms with Gasteiger partial charge in [0.1, 0.15) is 10.9 Å². The summed E-state index contributed by atoms with van der Waals surface area (Å²) in [6.45, 7) is 2.01. The Morgan fingerprint density at radius 2 is 2.00 bits per heavy atom. The minimum absolute atomic E-state index is 0.507. The molecule has 0 aliphatic heterocycles. The van der Waals surface area contributed by atoms with Gasteiger partial charge >= 0.3 is 0 Å². The van der Waals surface area contributed by atoms with Crippen LogP contribution in [-0.2, 0) is 0 Å². The summed E-state index contributed by atoms with van der Waals surface area (Å²) in [5.74, 6) is 0.866. The second kappa shape index (κ2) is 5.43. The van der Waals surface area contributed by atoms with Crippen molar-refractivity contribution in [2.45, 2.75) is 16.7 Å². The van der Waals surface area contributed by atoms with Crippen LogP contribution in [0.2, 0.25) is 5.15 Å². The number of rotatable bonds is 3. The molecule has 0 atom stereocenters. The van der Waals surface area contributed by atoms with E-state index < -0.39 is 0 Å². The van der Waals surface area contributed by atoms with Gasteiger partial charge in [0.05, 0.1) is 12.0 Å². The Hall–Kier alpha value is -1.19. The predicted molar refractivity (Wildman–Crippen MR) is 71.1 cm³/mol. The number of hydrogen-bond donors (Lipinski definition) is 0. The van der Waals surface area contributed by atoms with E-state index in [0.717, 1.165) is 21.1 Å². The van der Waals surface area contributed by atoms with Gasteiger partial charge in [-0.2, -0.15) is 0 Å². The highest BCUT2D eigenvalue weighted by Gasteiger charge is 2.07. The Balaban J connectivity index is 2.34. The maximum atomic E-state index is 5.90. The Morgan fingerprint density at radius 3 is 2.76 bits per heavy atom. The number of ether oxygens (including phenoxy) is 1. The van der Waals surface area contributed by atoms with Gasteiger partial charge in [-0.15, -0.1) is 0 Å². The number of para-hydroxylation sites is 1. The van der Waals surface area contributed by atoms with Crippen LogP contribution in [0.25, 0.3) is 0 Å². The van der Waals surface area contributed by atoms with Crippen LogP contribution >= 0.6 is 23.4 Å². The third kappa shape index (κ3) is 2.93. The van der Waals surface area contributed by atoms with E-state index in [2.05, 4.69) is 4.98 Å². The smallest absolute Gasteiger partial charge is 0.132 e. The van der Waals surface area contributed by atoms with E-state index in [0.29, 0.717) is 5.15 Å². The largest absolute Gasteiger partial charge is 0.496 e. The van der Waals surface area contributed by atoms with Crippen LogP contribution in [0.15, 0.2) is 46.3 Å². The Kier molecular flexibility index (Phi) is 3.92. The lowest BCUT2D eigenvalue weighted by Crippen LogP contribution is -1.87. The lowest BCUT2D eigenvalue weighted by Gasteiger charge is -2.09. The maximum absolute atomic E-state index is 5.90. The number of pyridine rings is 1. The first kappa shape index (κ1) is 12.3. The molecule has 0 amide bonds. The first-order chi connectivity index (χ1) is 8.20. The monoisotopic (exact) mass is 265 g/mol. The highest BCUT2D eigenvalue weighted by molar-refractivity contribution is 7.99. The van der Waals surface area contributed by atoms with Crippen molar-refractivity contribution in [2.24, 2.45) is 0 Å². The van der Waals surface area contributed by atoms with Crippen LogP contribution in [-0.4, -0.2) is 12.1 Å². The van der Waals surface area contributed by atoms with Crippen molar-refractivity contribution in [3.05, 3.63) is 47.2 Å². The summed E-state index contributed by atoms with van der Waals surface area (Å²) in [6.07, 6.45) is 1.78. The van der Waals surface area contributed by atoms with Crippen molar-refractivity contribution in [2.75, 3.05) is 7.11 Å². The molecule has 1 aromatic heterocycles. The number of aryl methyl sites for hydroxylation is 1. The molecule has 4 heteroatoms. The van der Waals surface area contributed by atoms with Crippen LogP contribution < -0.4 is 4.74 Å². The number of halogens is 1. The highest BCUT2D eigenvalue weighted by Crippen LogP contribution is 2.36. The molecule has 0 aliphatic carbocycles. The molecule has 1 heterocycles. The fraction of sp³-hybridized carbons (Fsp3) is 0.154. The van der Waals surface area contributed by atoms with E-state index >= 15 is 0 Å². The fourth-order valence-electron chi connectivity index (χ4n) is 1.41. The lowest BCUT2D eigenvalue weighted by atomic mass is 10.3. The van der Waals surface area contributed by atoms with Gasteiger partial charge in [-0.1, -0.05) is 35.5 Å². The fourth-order valence-corrected chi connectivity index (χ4v) is 2.66. The molecule has 0 bridgehead atoms. The molecule has 1 aromatic carbocycles. The van der Waals surface area contributed by atoms with Crippen molar-refractivity contribution < 1.29 is 4.74 Å². The van der Waals surface area contributed by atoms with Crippen molar-refractivity contribution in [1.29, 1.82) is 0 Å². The zero-order valence-corrected chi connectivity index (χ0v) is 11.2. The number of nitrogens with zero attached hydrogens (tertiary/aromatic N) is 1. The standard InChI is InChI=1S/C13H12ClNOS/c1-9-8-15-13(14)7-12(9)17-11-6-4-3-5-10(11)16-2/h3-8H,1-2H3. The quantitative estimate of drug-likeness (QED) is 0.777. The summed E-state index contributed by atoms with van der Waals surface area (Å²) in [6, 6.07) is 9.78. The molecule has 2 aromatic rings. The SMILES string of the molecule is COc1ccccc1Sc1cc(Cl)ncc1C. The molecule has 0 saturated heterocycles. The number of benzene rings is 1. The van der Waals surface area contributed by atoms with Crippen LogP contribution in [0.3, 0.4) is 0 Å². The summed E-state index contributed by atoms with van der Waals surface area (Å²) in [7, 11) is 1.67. The second-order valence-corrected chi connectivity index (χ2v) is 5.00. The average Bonchev–Trinajstić information content (AvgIpc) is 2.34. The third-order valence-electron chi connectivity index (χ3n) is 2.31. The second-order valence-electron chi connectivity index (χ2n) is 3.53. The van der Waals surface area contributed by atoms with E-state index in [9.17, 15) is 0 Å². The summed E-state index contributed by atoms with van der Waals surface area (Å²) >= 11 is 7.53. The minimum atomic E-state index is 0.507. The average molecular weight is 266 g/mol.